The largest absolute Gasteiger partial charge is 0.320 e. The van der Waals surface area contributed by atoms with Crippen LogP contribution in [0.2, 0.25) is 0 Å². The zero-order chi connectivity index (χ0) is 16.4. The monoisotopic (exact) mass is 341 g/mol. The van der Waals surface area contributed by atoms with Crippen LogP contribution in [0.15, 0.2) is 6.33 Å². The van der Waals surface area contributed by atoms with Crippen molar-refractivity contribution in [3.63, 3.8) is 0 Å². The number of aryl methyl sites for hydroxylation is 1. The van der Waals surface area contributed by atoms with Crippen LogP contribution in [0.4, 0.5) is 0 Å². The number of hydrogen-bond donors (Lipinski definition) is 0. The molecule has 0 aromatic carbocycles. The van der Waals surface area contributed by atoms with Crippen LogP contribution in [-0.4, -0.2) is 58.0 Å². The summed E-state index contributed by atoms with van der Waals surface area (Å²) in [4.78, 5) is 0. The minimum absolute atomic E-state index is 0.130. The molecule has 8 heteroatoms. The maximum atomic E-state index is 13.0. The molecule has 0 bridgehead atoms. The summed E-state index contributed by atoms with van der Waals surface area (Å²) in [6.07, 6.45) is 8.96. The summed E-state index contributed by atoms with van der Waals surface area (Å²) in [5.41, 5.74) is 0. The van der Waals surface area contributed by atoms with Crippen molar-refractivity contribution in [1.29, 1.82) is 0 Å². The summed E-state index contributed by atoms with van der Waals surface area (Å²) < 4.78 is 31.1. The fourth-order valence-electron chi connectivity index (χ4n) is 3.84. The highest BCUT2D eigenvalue weighted by Crippen LogP contribution is 2.30. The maximum Gasteiger partial charge on any atom is 0.281 e. The predicted octanol–water partition coefficient (Wildman–Crippen LogP) is 1.50. The molecule has 3 rings (SSSR count). The molecule has 0 radical (unpaired) electrons. The van der Waals surface area contributed by atoms with E-state index in [-0.39, 0.29) is 12.0 Å². The molecule has 1 aliphatic carbocycles. The van der Waals surface area contributed by atoms with E-state index in [1.54, 1.807) is 22.0 Å². The van der Waals surface area contributed by atoms with E-state index in [0.717, 1.165) is 44.3 Å². The fourth-order valence-corrected chi connectivity index (χ4v) is 5.52. The van der Waals surface area contributed by atoms with Gasteiger partial charge in [0.1, 0.15) is 12.2 Å². The normalized spacial score (nSPS) is 25.1. The first-order valence-electron chi connectivity index (χ1n) is 8.57. The van der Waals surface area contributed by atoms with Gasteiger partial charge >= 0.3 is 0 Å². The molecular formula is C15H27N5O2S. The van der Waals surface area contributed by atoms with Gasteiger partial charge in [0.2, 0.25) is 0 Å². The SMILES string of the molecule is CN(C1CCCCC1)S(=O)(=O)N1CCC[C@H](c2nncn2C)C1. The topological polar surface area (TPSA) is 71.3 Å². The van der Waals surface area contributed by atoms with Gasteiger partial charge in [-0.25, -0.2) is 0 Å². The Morgan fingerprint density at radius 3 is 2.57 bits per heavy atom. The highest BCUT2D eigenvalue weighted by atomic mass is 32.2. The summed E-state index contributed by atoms with van der Waals surface area (Å²) in [6.45, 7) is 1.11. The molecule has 0 amide bonds. The highest BCUT2D eigenvalue weighted by Gasteiger charge is 2.36. The second-order valence-electron chi connectivity index (χ2n) is 6.81. The van der Waals surface area contributed by atoms with Crippen molar-refractivity contribution in [1.82, 2.24) is 23.4 Å². The molecule has 1 atom stereocenters. The lowest BCUT2D eigenvalue weighted by Crippen LogP contribution is -2.50. The quantitative estimate of drug-likeness (QED) is 0.832. The van der Waals surface area contributed by atoms with Gasteiger partial charge < -0.3 is 4.57 Å². The van der Waals surface area contributed by atoms with Gasteiger partial charge in [0.05, 0.1) is 0 Å². The van der Waals surface area contributed by atoms with Gasteiger partial charge in [-0.1, -0.05) is 19.3 Å². The van der Waals surface area contributed by atoms with Crippen molar-refractivity contribution in [3.05, 3.63) is 12.2 Å². The van der Waals surface area contributed by atoms with Crippen LogP contribution < -0.4 is 0 Å². The van der Waals surface area contributed by atoms with Crippen molar-refractivity contribution >= 4 is 10.2 Å². The van der Waals surface area contributed by atoms with E-state index in [2.05, 4.69) is 10.2 Å². The Morgan fingerprint density at radius 1 is 1.17 bits per heavy atom. The van der Waals surface area contributed by atoms with Gasteiger partial charge in [-0.3, -0.25) is 0 Å². The zero-order valence-electron chi connectivity index (χ0n) is 14.1. The Bertz CT molecular complexity index is 624. The molecule has 1 saturated carbocycles. The average molecular weight is 341 g/mol. The molecule has 1 aromatic heterocycles. The van der Waals surface area contributed by atoms with Gasteiger partial charge in [0.15, 0.2) is 0 Å². The molecule has 2 fully saturated rings. The van der Waals surface area contributed by atoms with Crippen molar-refractivity contribution in [2.45, 2.75) is 56.9 Å². The van der Waals surface area contributed by atoms with E-state index in [0.29, 0.717) is 13.1 Å². The average Bonchev–Trinajstić information content (AvgIpc) is 3.01. The lowest BCUT2D eigenvalue weighted by Gasteiger charge is -2.37. The fraction of sp³-hybridized carbons (Fsp3) is 0.867. The van der Waals surface area contributed by atoms with Gasteiger partial charge in [0.25, 0.3) is 10.2 Å². The van der Waals surface area contributed by atoms with Gasteiger partial charge in [-0.15, -0.1) is 10.2 Å². The predicted molar refractivity (Wildman–Crippen MR) is 88.1 cm³/mol. The van der Waals surface area contributed by atoms with E-state index in [1.807, 2.05) is 11.6 Å². The second kappa shape index (κ2) is 6.86. The molecule has 1 aliphatic heterocycles. The molecule has 0 N–H and O–H groups in total. The Balaban J connectivity index is 1.73. The first kappa shape index (κ1) is 16.9. The molecule has 7 nitrogen and oxygen atoms in total. The Morgan fingerprint density at radius 2 is 1.91 bits per heavy atom. The zero-order valence-corrected chi connectivity index (χ0v) is 14.9. The van der Waals surface area contributed by atoms with E-state index >= 15 is 0 Å². The first-order chi connectivity index (χ1) is 11.0. The molecular weight excluding hydrogens is 314 g/mol. The van der Waals surface area contributed by atoms with Crippen LogP contribution in [0.1, 0.15) is 56.7 Å². The van der Waals surface area contributed by atoms with Crippen LogP contribution >= 0.6 is 0 Å². The molecule has 0 spiro atoms. The summed E-state index contributed by atoms with van der Waals surface area (Å²) >= 11 is 0. The molecule has 23 heavy (non-hydrogen) atoms. The van der Waals surface area contributed by atoms with Crippen LogP contribution in [0.3, 0.4) is 0 Å². The maximum absolute atomic E-state index is 13.0. The third-order valence-corrected chi connectivity index (χ3v) is 7.29. The number of nitrogens with zero attached hydrogens (tertiary/aromatic N) is 5. The first-order valence-corrected chi connectivity index (χ1v) is 9.97. The minimum Gasteiger partial charge on any atom is -0.320 e. The molecule has 130 valence electrons. The molecule has 1 aromatic rings. The molecule has 2 aliphatic rings. The lowest BCUT2D eigenvalue weighted by atomic mass is 9.96. The third kappa shape index (κ3) is 3.44. The molecule has 2 heterocycles. The van der Waals surface area contributed by atoms with Crippen molar-refractivity contribution in [2.24, 2.45) is 7.05 Å². The molecule has 1 saturated heterocycles. The number of piperidine rings is 1. The summed E-state index contributed by atoms with van der Waals surface area (Å²) in [5.74, 6) is 1.01. The van der Waals surface area contributed by atoms with Gasteiger partial charge in [0, 0.05) is 39.1 Å². The smallest absolute Gasteiger partial charge is 0.281 e. The van der Waals surface area contributed by atoms with Gasteiger partial charge in [-0.05, 0) is 25.7 Å². The third-order valence-electron chi connectivity index (χ3n) is 5.27. The number of aromatic nitrogens is 3. The van der Waals surface area contributed by atoms with Crippen LogP contribution in [0, 0.1) is 0 Å². The standard InChI is InChI=1S/C15H27N5O2S/c1-18-12-16-17-15(18)13-7-6-10-20(11-13)23(21,22)19(2)14-8-4-3-5-9-14/h12-14H,3-11H2,1-2H3/t13-/m0/s1. The van der Waals surface area contributed by atoms with Crippen LogP contribution in [0.5, 0.6) is 0 Å². The summed E-state index contributed by atoms with van der Waals surface area (Å²) in [7, 11) is 0.272. The molecule has 0 unspecified atom stereocenters. The Kier molecular flexibility index (Phi) is 5.03. The number of hydrogen-bond acceptors (Lipinski definition) is 4. The van der Waals surface area contributed by atoms with E-state index in [9.17, 15) is 8.42 Å². The lowest BCUT2D eigenvalue weighted by molar-refractivity contribution is 0.242. The van der Waals surface area contributed by atoms with Crippen molar-refractivity contribution in [2.75, 3.05) is 20.1 Å². The second-order valence-corrected chi connectivity index (χ2v) is 8.80. The van der Waals surface area contributed by atoms with Crippen molar-refractivity contribution in [3.8, 4) is 0 Å². The van der Waals surface area contributed by atoms with Gasteiger partial charge in [-0.2, -0.15) is 17.0 Å². The number of rotatable bonds is 4. The summed E-state index contributed by atoms with van der Waals surface area (Å²) in [6, 6.07) is 0.156. The highest BCUT2D eigenvalue weighted by molar-refractivity contribution is 7.86. The van der Waals surface area contributed by atoms with Crippen molar-refractivity contribution < 1.29 is 8.42 Å². The van der Waals surface area contributed by atoms with Crippen LogP contribution in [0.25, 0.3) is 0 Å². The van der Waals surface area contributed by atoms with Crippen LogP contribution in [-0.2, 0) is 17.3 Å². The van der Waals surface area contributed by atoms with E-state index in [4.69, 9.17) is 0 Å². The van der Waals surface area contributed by atoms with E-state index < -0.39 is 10.2 Å². The Hall–Kier alpha value is -0.990. The minimum atomic E-state index is -3.39. The summed E-state index contributed by atoms with van der Waals surface area (Å²) in [5, 5.41) is 8.10. The Labute approximate surface area is 138 Å². The van der Waals surface area contributed by atoms with E-state index in [1.165, 1.54) is 6.42 Å².